The van der Waals surface area contributed by atoms with Crippen LogP contribution in [0.3, 0.4) is 0 Å². The Morgan fingerprint density at radius 1 is 1.19 bits per heavy atom. The zero-order valence-corrected chi connectivity index (χ0v) is 13.5. The van der Waals surface area contributed by atoms with Gasteiger partial charge in [-0.1, -0.05) is 48.5 Å². The smallest absolute Gasteiger partial charge is 0.316 e. The quantitative estimate of drug-likeness (QED) is 0.656. The molecular formula is C16H24F3NS. The third-order valence-electron chi connectivity index (χ3n) is 3.30. The second-order valence-electron chi connectivity index (χ2n) is 5.34. The van der Waals surface area contributed by atoms with Crippen molar-refractivity contribution in [2.75, 3.05) is 18.8 Å². The van der Waals surface area contributed by atoms with Gasteiger partial charge in [0.25, 0.3) is 0 Å². The Morgan fingerprint density at radius 3 is 2.43 bits per heavy atom. The van der Waals surface area contributed by atoms with Crippen LogP contribution >= 0.6 is 11.8 Å². The number of nitrogens with one attached hydrogen (secondary N) is 1. The molecule has 1 unspecified atom stereocenters. The summed E-state index contributed by atoms with van der Waals surface area (Å²) in [7, 11) is 0. The fourth-order valence-corrected chi connectivity index (χ4v) is 2.84. The predicted octanol–water partition coefficient (Wildman–Crippen LogP) is 4.80. The van der Waals surface area contributed by atoms with Crippen LogP contribution in [0.1, 0.15) is 30.9 Å². The molecular weight excluding hydrogens is 295 g/mol. The molecule has 0 aliphatic carbocycles. The predicted molar refractivity (Wildman–Crippen MR) is 84.7 cm³/mol. The zero-order chi connectivity index (χ0) is 15.7. The minimum absolute atomic E-state index is 0.0863. The van der Waals surface area contributed by atoms with Crippen molar-refractivity contribution in [3.63, 3.8) is 0 Å². The number of benzene rings is 1. The van der Waals surface area contributed by atoms with Crippen LogP contribution < -0.4 is 5.32 Å². The first-order valence-electron chi connectivity index (χ1n) is 7.37. The van der Waals surface area contributed by atoms with Crippen LogP contribution in [0, 0.1) is 12.8 Å². The number of hydrogen-bond acceptors (Lipinski definition) is 2. The van der Waals surface area contributed by atoms with Gasteiger partial charge in [0.15, 0.2) is 0 Å². The topological polar surface area (TPSA) is 12.0 Å². The number of halogens is 3. The van der Waals surface area contributed by atoms with Gasteiger partial charge in [0, 0.05) is 5.75 Å². The van der Waals surface area contributed by atoms with E-state index in [4.69, 9.17) is 0 Å². The molecule has 0 aliphatic rings. The second-order valence-corrected chi connectivity index (χ2v) is 6.50. The molecule has 1 N–H and O–H groups in total. The molecule has 0 amide bonds. The molecule has 1 rings (SSSR count). The molecule has 21 heavy (non-hydrogen) atoms. The summed E-state index contributed by atoms with van der Waals surface area (Å²) in [6, 6.07) is 8.24. The van der Waals surface area contributed by atoms with Crippen molar-refractivity contribution in [1.29, 1.82) is 0 Å². The second kappa shape index (κ2) is 9.36. The molecule has 0 aromatic heterocycles. The molecule has 1 aromatic carbocycles. The van der Waals surface area contributed by atoms with Crippen molar-refractivity contribution in [2.24, 2.45) is 5.92 Å². The lowest BCUT2D eigenvalue weighted by Crippen LogP contribution is -2.25. The Morgan fingerprint density at radius 2 is 1.86 bits per heavy atom. The van der Waals surface area contributed by atoms with Gasteiger partial charge < -0.3 is 5.32 Å². The lowest BCUT2D eigenvalue weighted by atomic mass is 9.96. The maximum Gasteiger partial charge on any atom is 0.441 e. The average molecular weight is 319 g/mol. The molecule has 1 nitrogen and oxygen atoms in total. The van der Waals surface area contributed by atoms with Crippen LogP contribution in [-0.2, 0) is 6.42 Å². The van der Waals surface area contributed by atoms with E-state index in [1.165, 1.54) is 11.1 Å². The maximum absolute atomic E-state index is 12.2. The first-order valence-corrected chi connectivity index (χ1v) is 8.36. The normalized spacial score (nSPS) is 13.4. The van der Waals surface area contributed by atoms with E-state index in [0.717, 1.165) is 25.9 Å². The minimum atomic E-state index is -4.12. The average Bonchev–Trinajstić information content (AvgIpc) is 2.40. The molecule has 0 bridgehead atoms. The van der Waals surface area contributed by atoms with Gasteiger partial charge in [-0.15, -0.1) is 0 Å². The highest BCUT2D eigenvalue weighted by Crippen LogP contribution is 2.31. The molecule has 0 aliphatic heterocycles. The summed E-state index contributed by atoms with van der Waals surface area (Å²) in [6.45, 7) is 5.81. The van der Waals surface area contributed by atoms with Crippen LogP contribution in [0.2, 0.25) is 0 Å². The summed E-state index contributed by atoms with van der Waals surface area (Å²) < 4.78 is 36.7. The number of alkyl halides is 3. The number of hydrogen-bond donors (Lipinski definition) is 1. The lowest BCUT2D eigenvalue weighted by molar-refractivity contribution is -0.0328. The van der Waals surface area contributed by atoms with E-state index in [1.54, 1.807) is 0 Å². The van der Waals surface area contributed by atoms with Crippen molar-refractivity contribution >= 4 is 11.8 Å². The third kappa shape index (κ3) is 9.04. The van der Waals surface area contributed by atoms with Gasteiger partial charge in [0.1, 0.15) is 0 Å². The Bertz CT molecular complexity index is 390. The van der Waals surface area contributed by atoms with E-state index >= 15 is 0 Å². The molecule has 5 heteroatoms. The summed E-state index contributed by atoms with van der Waals surface area (Å²) in [4.78, 5) is 0. The third-order valence-corrected chi connectivity index (χ3v) is 4.06. The van der Waals surface area contributed by atoms with Crippen LogP contribution in [0.25, 0.3) is 0 Å². The van der Waals surface area contributed by atoms with Gasteiger partial charge in [-0.25, -0.2) is 0 Å². The highest BCUT2D eigenvalue weighted by atomic mass is 32.2. The van der Waals surface area contributed by atoms with Crippen LogP contribution in [0.15, 0.2) is 24.3 Å². The fourth-order valence-electron chi connectivity index (χ4n) is 2.16. The summed E-state index contributed by atoms with van der Waals surface area (Å²) in [5.41, 5.74) is -1.72. The molecule has 0 saturated heterocycles. The van der Waals surface area contributed by atoms with E-state index in [1.807, 2.05) is 6.92 Å². The zero-order valence-electron chi connectivity index (χ0n) is 12.7. The molecule has 120 valence electrons. The summed E-state index contributed by atoms with van der Waals surface area (Å²) >= 11 is 0.0863. The first-order chi connectivity index (χ1) is 9.90. The van der Waals surface area contributed by atoms with E-state index in [-0.39, 0.29) is 23.4 Å². The number of aryl methyl sites for hydroxylation is 1. The Hall–Kier alpha value is -0.680. The van der Waals surface area contributed by atoms with Gasteiger partial charge in [0.05, 0.1) is 0 Å². The van der Waals surface area contributed by atoms with E-state index in [0.29, 0.717) is 6.42 Å². The molecule has 0 heterocycles. The maximum atomic E-state index is 12.2. The highest BCUT2D eigenvalue weighted by Gasteiger charge is 2.28. The molecule has 0 fully saturated rings. The van der Waals surface area contributed by atoms with Gasteiger partial charge in [0.2, 0.25) is 0 Å². The fraction of sp³-hybridized carbons (Fsp3) is 0.625. The Labute approximate surface area is 129 Å². The van der Waals surface area contributed by atoms with Crippen LogP contribution in [0.5, 0.6) is 0 Å². The summed E-state index contributed by atoms with van der Waals surface area (Å²) in [5.74, 6) is 0.377. The van der Waals surface area contributed by atoms with Crippen molar-refractivity contribution < 1.29 is 13.2 Å². The van der Waals surface area contributed by atoms with Crippen molar-refractivity contribution in [3.8, 4) is 0 Å². The lowest BCUT2D eigenvalue weighted by Gasteiger charge is -2.18. The Balaban J connectivity index is 2.48. The van der Waals surface area contributed by atoms with Gasteiger partial charge in [-0.2, -0.15) is 13.2 Å². The monoisotopic (exact) mass is 319 g/mol. The van der Waals surface area contributed by atoms with Crippen molar-refractivity contribution in [3.05, 3.63) is 35.4 Å². The van der Waals surface area contributed by atoms with Gasteiger partial charge in [-0.05, 0) is 50.8 Å². The molecule has 1 atom stereocenters. The largest absolute Gasteiger partial charge is 0.441 e. The molecule has 1 aromatic rings. The van der Waals surface area contributed by atoms with Gasteiger partial charge >= 0.3 is 5.51 Å². The van der Waals surface area contributed by atoms with E-state index < -0.39 is 5.51 Å². The van der Waals surface area contributed by atoms with E-state index in [2.05, 4.69) is 36.5 Å². The Kier molecular flexibility index (Phi) is 8.19. The minimum Gasteiger partial charge on any atom is -0.316 e. The number of rotatable bonds is 9. The van der Waals surface area contributed by atoms with Crippen molar-refractivity contribution in [2.45, 2.75) is 38.6 Å². The number of thioether (sulfide) groups is 1. The van der Waals surface area contributed by atoms with Crippen molar-refractivity contribution in [1.82, 2.24) is 5.32 Å². The van der Waals surface area contributed by atoms with Crippen LogP contribution in [-0.4, -0.2) is 24.4 Å². The summed E-state index contributed by atoms with van der Waals surface area (Å²) in [5, 5.41) is 3.32. The standard InChI is InChI=1S/C16H24F3NS/c1-3-9-20-12-15(8-10-21-16(17,18)19)11-14-6-4-13(2)5-7-14/h4-7,15,20H,3,8-12H2,1-2H3. The highest BCUT2D eigenvalue weighted by molar-refractivity contribution is 8.00. The molecule has 0 spiro atoms. The molecule has 0 radical (unpaired) electrons. The first kappa shape index (κ1) is 18.4. The molecule has 0 saturated carbocycles. The van der Waals surface area contributed by atoms with Crippen LogP contribution in [0.4, 0.5) is 13.2 Å². The van der Waals surface area contributed by atoms with Gasteiger partial charge in [-0.3, -0.25) is 0 Å². The van der Waals surface area contributed by atoms with E-state index in [9.17, 15) is 13.2 Å². The summed E-state index contributed by atoms with van der Waals surface area (Å²) in [6.07, 6.45) is 2.44. The SMILES string of the molecule is CCCNCC(CCSC(F)(F)F)Cc1ccc(C)cc1.